The third kappa shape index (κ3) is 2.05. The maximum atomic E-state index is 5.98. The number of anilines is 1. The summed E-state index contributed by atoms with van der Waals surface area (Å²) in [5.74, 6) is 0.515. The topological polar surface area (TPSA) is 74.6 Å². The third-order valence-electron chi connectivity index (χ3n) is 3.25. The van der Waals surface area contributed by atoms with E-state index in [1.54, 1.807) is 10.9 Å². The van der Waals surface area contributed by atoms with Gasteiger partial charge in [0.25, 0.3) is 0 Å². The zero-order chi connectivity index (χ0) is 13.4. The maximum absolute atomic E-state index is 5.98. The van der Waals surface area contributed by atoms with Crippen LogP contribution < -0.4 is 5.73 Å². The monoisotopic (exact) mass is 256 g/mol. The first-order valence-corrected chi connectivity index (χ1v) is 6.20. The first-order valence-electron chi connectivity index (χ1n) is 6.20. The number of pyridine rings is 1. The Bertz CT molecular complexity index is 724. The molecule has 0 atom stereocenters. The molecule has 6 nitrogen and oxygen atoms in total. The van der Waals surface area contributed by atoms with Gasteiger partial charge in [0.05, 0.1) is 6.20 Å². The van der Waals surface area contributed by atoms with Gasteiger partial charge in [-0.05, 0) is 30.5 Å². The minimum atomic E-state index is 0.515. The number of nitrogen functional groups attached to an aromatic ring is 1. The van der Waals surface area contributed by atoms with E-state index in [-0.39, 0.29) is 0 Å². The molecule has 6 heteroatoms. The van der Waals surface area contributed by atoms with Crippen molar-refractivity contribution in [3.05, 3.63) is 35.8 Å². The first kappa shape index (κ1) is 11.7. The van der Waals surface area contributed by atoms with E-state index in [2.05, 4.69) is 15.1 Å². The van der Waals surface area contributed by atoms with E-state index in [4.69, 9.17) is 5.73 Å². The average molecular weight is 256 g/mol. The van der Waals surface area contributed by atoms with E-state index in [1.165, 1.54) is 5.56 Å². The van der Waals surface area contributed by atoms with Crippen molar-refractivity contribution in [2.75, 3.05) is 5.73 Å². The predicted molar refractivity (Wildman–Crippen MR) is 73.6 cm³/mol. The first-order chi connectivity index (χ1) is 9.15. The van der Waals surface area contributed by atoms with Crippen molar-refractivity contribution < 1.29 is 0 Å². The number of nitrogens with two attached hydrogens (primary N) is 1. The molecule has 0 fully saturated rings. The molecule has 0 unspecified atom stereocenters. The Morgan fingerprint density at radius 2 is 2.21 bits per heavy atom. The summed E-state index contributed by atoms with van der Waals surface area (Å²) in [6.45, 7) is 2.77. The van der Waals surface area contributed by atoms with Crippen molar-refractivity contribution >= 4 is 17.1 Å². The van der Waals surface area contributed by atoms with Gasteiger partial charge in [-0.3, -0.25) is 9.25 Å². The van der Waals surface area contributed by atoms with E-state index in [0.29, 0.717) is 5.95 Å². The van der Waals surface area contributed by atoms with Gasteiger partial charge in [-0.2, -0.15) is 5.10 Å². The van der Waals surface area contributed by atoms with Crippen LogP contribution in [0.25, 0.3) is 11.2 Å². The minimum absolute atomic E-state index is 0.515. The fourth-order valence-electron chi connectivity index (χ4n) is 2.22. The highest BCUT2D eigenvalue weighted by Gasteiger charge is 2.11. The van der Waals surface area contributed by atoms with Crippen molar-refractivity contribution in [1.82, 2.24) is 24.3 Å². The zero-order valence-electron chi connectivity index (χ0n) is 11.0. The van der Waals surface area contributed by atoms with Crippen LogP contribution in [0.5, 0.6) is 0 Å². The van der Waals surface area contributed by atoms with E-state index >= 15 is 0 Å². The van der Waals surface area contributed by atoms with Crippen LogP contribution >= 0.6 is 0 Å². The fourth-order valence-corrected chi connectivity index (χ4v) is 2.22. The van der Waals surface area contributed by atoms with Crippen molar-refractivity contribution in [3.63, 3.8) is 0 Å². The van der Waals surface area contributed by atoms with E-state index in [0.717, 1.165) is 29.7 Å². The van der Waals surface area contributed by atoms with Crippen LogP contribution in [0.1, 0.15) is 11.1 Å². The van der Waals surface area contributed by atoms with Crippen LogP contribution in [-0.4, -0.2) is 24.3 Å². The molecule has 0 bridgehead atoms. The Morgan fingerprint density at radius 1 is 1.37 bits per heavy atom. The normalized spacial score (nSPS) is 11.3. The number of nitrogens with zero attached hydrogens (tertiary/aromatic N) is 5. The lowest BCUT2D eigenvalue weighted by Crippen LogP contribution is -2.06. The number of aryl methyl sites for hydroxylation is 4. The average Bonchev–Trinajstić information content (AvgIpc) is 2.92. The van der Waals surface area contributed by atoms with Crippen LogP contribution in [0.4, 0.5) is 5.95 Å². The number of imidazole rings is 1. The zero-order valence-corrected chi connectivity index (χ0v) is 11.0. The highest BCUT2D eigenvalue weighted by Crippen LogP contribution is 2.19. The van der Waals surface area contributed by atoms with Crippen LogP contribution in [-0.2, 0) is 20.0 Å². The van der Waals surface area contributed by atoms with Crippen molar-refractivity contribution in [2.45, 2.75) is 19.9 Å². The van der Waals surface area contributed by atoms with Crippen LogP contribution in [0.15, 0.2) is 24.7 Å². The molecule has 0 aliphatic rings. The summed E-state index contributed by atoms with van der Waals surface area (Å²) < 4.78 is 3.75. The molecule has 3 aromatic rings. The largest absolute Gasteiger partial charge is 0.369 e. The van der Waals surface area contributed by atoms with Gasteiger partial charge >= 0.3 is 0 Å². The van der Waals surface area contributed by atoms with Gasteiger partial charge in [0, 0.05) is 26.0 Å². The lowest BCUT2D eigenvalue weighted by atomic mass is 10.2. The van der Waals surface area contributed by atoms with Crippen molar-refractivity contribution in [3.8, 4) is 0 Å². The number of hydrogen-bond acceptors (Lipinski definition) is 4. The molecular formula is C13H16N6. The fraction of sp³-hybridized carbons (Fsp3) is 0.308. The Labute approximate surface area is 110 Å². The molecule has 0 aromatic carbocycles. The number of fused-ring (bicyclic) bond motifs is 1. The summed E-state index contributed by atoms with van der Waals surface area (Å²) in [5, 5.41) is 4.16. The van der Waals surface area contributed by atoms with Gasteiger partial charge in [-0.25, -0.2) is 9.97 Å². The van der Waals surface area contributed by atoms with Crippen LogP contribution in [0, 0.1) is 6.92 Å². The molecular weight excluding hydrogens is 240 g/mol. The Morgan fingerprint density at radius 3 is 2.95 bits per heavy atom. The van der Waals surface area contributed by atoms with Gasteiger partial charge in [0.2, 0.25) is 5.95 Å². The molecule has 3 aromatic heterocycles. The third-order valence-corrected chi connectivity index (χ3v) is 3.25. The van der Waals surface area contributed by atoms with Gasteiger partial charge in [-0.15, -0.1) is 0 Å². The smallest absolute Gasteiger partial charge is 0.202 e. The highest BCUT2D eigenvalue weighted by atomic mass is 15.2. The van der Waals surface area contributed by atoms with Crippen molar-refractivity contribution in [1.29, 1.82) is 0 Å². The molecule has 0 amide bonds. The Kier molecular flexibility index (Phi) is 2.70. The second kappa shape index (κ2) is 4.38. The molecule has 2 N–H and O–H groups in total. The molecule has 3 rings (SSSR count). The summed E-state index contributed by atoms with van der Waals surface area (Å²) >= 11 is 0. The number of aromatic nitrogens is 5. The summed E-state index contributed by atoms with van der Waals surface area (Å²) in [5.41, 5.74) is 9.98. The Balaban J connectivity index is 1.92. The lowest BCUT2D eigenvalue weighted by molar-refractivity contribution is 0.717. The summed E-state index contributed by atoms with van der Waals surface area (Å²) in [6, 6.07) is 1.94. The predicted octanol–water partition coefficient (Wildman–Crippen LogP) is 1.30. The van der Waals surface area contributed by atoms with Gasteiger partial charge in [-0.1, -0.05) is 0 Å². The van der Waals surface area contributed by atoms with E-state index in [1.807, 2.05) is 37.0 Å². The van der Waals surface area contributed by atoms with Crippen LogP contribution in [0.2, 0.25) is 0 Å². The van der Waals surface area contributed by atoms with Gasteiger partial charge in [0.1, 0.15) is 5.52 Å². The molecule has 0 saturated carbocycles. The number of hydrogen-bond donors (Lipinski definition) is 1. The molecule has 0 saturated heterocycles. The molecule has 19 heavy (non-hydrogen) atoms. The van der Waals surface area contributed by atoms with Gasteiger partial charge in [0.15, 0.2) is 5.65 Å². The maximum Gasteiger partial charge on any atom is 0.202 e. The van der Waals surface area contributed by atoms with E-state index < -0.39 is 0 Å². The SMILES string of the molecule is Cc1ccnc2c1nc(N)n2CCc1cnn(C)c1. The van der Waals surface area contributed by atoms with E-state index in [9.17, 15) is 0 Å². The van der Waals surface area contributed by atoms with Gasteiger partial charge < -0.3 is 5.73 Å². The summed E-state index contributed by atoms with van der Waals surface area (Å²) in [7, 11) is 1.91. The second-order valence-electron chi connectivity index (χ2n) is 4.69. The van der Waals surface area contributed by atoms with Crippen LogP contribution in [0.3, 0.4) is 0 Å². The lowest BCUT2D eigenvalue weighted by Gasteiger charge is -2.04. The van der Waals surface area contributed by atoms with Crippen molar-refractivity contribution in [2.24, 2.45) is 7.05 Å². The second-order valence-corrected chi connectivity index (χ2v) is 4.69. The summed E-state index contributed by atoms with van der Waals surface area (Å²) in [6.07, 6.45) is 6.53. The molecule has 0 radical (unpaired) electrons. The molecule has 3 heterocycles. The minimum Gasteiger partial charge on any atom is -0.369 e. The Hall–Kier alpha value is -2.37. The molecule has 0 spiro atoms. The number of rotatable bonds is 3. The molecule has 0 aliphatic heterocycles. The quantitative estimate of drug-likeness (QED) is 0.766. The standard InChI is InChI=1S/C13H16N6/c1-9-3-5-15-12-11(9)17-13(14)19(12)6-4-10-7-16-18(2)8-10/h3,5,7-8H,4,6H2,1-2H3,(H2,14,17). The molecule has 0 aliphatic carbocycles. The molecule has 98 valence electrons. The summed E-state index contributed by atoms with van der Waals surface area (Å²) in [4.78, 5) is 8.77. The highest BCUT2D eigenvalue weighted by molar-refractivity contribution is 5.77.